The maximum absolute atomic E-state index is 10.3. The fourth-order valence-electron chi connectivity index (χ4n) is 2.49. The number of unbranched alkanes of at least 4 members (excludes halogenated alkanes) is 12. The van der Waals surface area contributed by atoms with E-state index in [0.29, 0.717) is 6.42 Å². The van der Waals surface area contributed by atoms with Gasteiger partial charge in [-0.2, -0.15) is 0 Å². The van der Waals surface area contributed by atoms with Crippen molar-refractivity contribution in [2.45, 2.75) is 89.9 Å². The number of carboxylic acid groups (broad SMARTS) is 2. The molecule has 4 heteroatoms. The Balaban J connectivity index is 3.05. The molecule has 22 heavy (non-hydrogen) atoms. The van der Waals surface area contributed by atoms with Crippen molar-refractivity contribution in [1.82, 2.24) is 0 Å². The van der Waals surface area contributed by atoms with E-state index in [1.54, 1.807) is 6.08 Å². The summed E-state index contributed by atoms with van der Waals surface area (Å²) >= 11 is 0. The average molecular weight is 312 g/mol. The Bertz CT molecular complexity index is 310. The Labute approximate surface area is 134 Å². The smallest absolute Gasteiger partial charge is 0.327 e. The van der Waals surface area contributed by atoms with Gasteiger partial charge in [-0.1, -0.05) is 70.3 Å². The van der Waals surface area contributed by atoms with E-state index in [4.69, 9.17) is 10.2 Å². The standard InChI is InChI=1S/C18H32O4/c19-17(20)15-13-11-9-7-5-3-1-2-4-6-8-10-12-14-16-18(21)22/h13,15H,1-12,14,16H2,(H,19,20)(H,21,22)/b15-13-. The number of allylic oxidation sites excluding steroid dienone is 1. The lowest BCUT2D eigenvalue weighted by Crippen LogP contribution is -1.93. The van der Waals surface area contributed by atoms with E-state index in [1.165, 1.54) is 57.4 Å². The molecule has 0 heterocycles. The average Bonchev–Trinajstić information content (AvgIpc) is 2.46. The van der Waals surface area contributed by atoms with Crippen LogP contribution < -0.4 is 0 Å². The Morgan fingerprint density at radius 2 is 1.05 bits per heavy atom. The van der Waals surface area contributed by atoms with Crippen LogP contribution in [0.2, 0.25) is 0 Å². The van der Waals surface area contributed by atoms with Gasteiger partial charge in [0.2, 0.25) is 0 Å². The molecule has 0 aromatic rings. The third kappa shape index (κ3) is 18.7. The van der Waals surface area contributed by atoms with Gasteiger partial charge < -0.3 is 10.2 Å². The van der Waals surface area contributed by atoms with Gasteiger partial charge in [0.1, 0.15) is 0 Å². The topological polar surface area (TPSA) is 74.6 Å². The molecular formula is C18H32O4. The third-order valence-electron chi connectivity index (χ3n) is 3.77. The van der Waals surface area contributed by atoms with Gasteiger partial charge in [0, 0.05) is 12.5 Å². The van der Waals surface area contributed by atoms with E-state index in [2.05, 4.69) is 0 Å². The van der Waals surface area contributed by atoms with Crippen LogP contribution in [0.15, 0.2) is 12.2 Å². The number of carboxylic acids is 2. The molecule has 0 spiro atoms. The highest BCUT2D eigenvalue weighted by Gasteiger charge is 1.97. The van der Waals surface area contributed by atoms with Crippen molar-refractivity contribution in [3.8, 4) is 0 Å². The van der Waals surface area contributed by atoms with Crippen molar-refractivity contribution in [2.24, 2.45) is 0 Å². The molecule has 0 unspecified atom stereocenters. The Morgan fingerprint density at radius 3 is 1.45 bits per heavy atom. The molecule has 0 saturated carbocycles. The van der Waals surface area contributed by atoms with E-state index in [9.17, 15) is 9.59 Å². The lowest BCUT2D eigenvalue weighted by Gasteiger charge is -2.02. The predicted molar refractivity (Wildman–Crippen MR) is 89.0 cm³/mol. The molecular weight excluding hydrogens is 280 g/mol. The molecule has 0 radical (unpaired) electrons. The summed E-state index contributed by atoms with van der Waals surface area (Å²) in [4.78, 5) is 20.6. The van der Waals surface area contributed by atoms with Gasteiger partial charge in [-0.3, -0.25) is 4.79 Å². The van der Waals surface area contributed by atoms with Crippen molar-refractivity contribution in [3.63, 3.8) is 0 Å². The van der Waals surface area contributed by atoms with Crippen LogP contribution in [0.5, 0.6) is 0 Å². The molecule has 0 aliphatic rings. The summed E-state index contributed by atoms with van der Waals surface area (Å²) in [5.74, 6) is -1.54. The fourth-order valence-corrected chi connectivity index (χ4v) is 2.49. The maximum atomic E-state index is 10.3. The minimum Gasteiger partial charge on any atom is -0.481 e. The van der Waals surface area contributed by atoms with Crippen LogP contribution in [0.1, 0.15) is 89.9 Å². The van der Waals surface area contributed by atoms with Gasteiger partial charge in [-0.15, -0.1) is 0 Å². The zero-order chi connectivity index (χ0) is 16.5. The van der Waals surface area contributed by atoms with Gasteiger partial charge in [-0.05, 0) is 19.3 Å². The molecule has 0 aliphatic heterocycles. The summed E-state index contributed by atoms with van der Waals surface area (Å²) in [5.41, 5.74) is 0. The second-order valence-electron chi connectivity index (χ2n) is 5.92. The van der Waals surface area contributed by atoms with Crippen molar-refractivity contribution in [2.75, 3.05) is 0 Å². The van der Waals surface area contributed by atoms with Crippen LogP contribution >= 0.6 is 0 Å². The van der Waals surface area contributed by atoms with E-state index in [0.717, 1.165) is 32.1 Å². The number of hydrogen-bond donors (Lipinski definition) is 2. The Morgan fingerprint density at radius 1 is 0.636 bits per heavy atom. The van der Waals surface area contributed by atoms with Crippen molar-refractivity contribution < 1.29 is 19.8 Å². The maximum Gasteiger partial charge on any atom is 0.327 e. The summed E-state index contributed by atoms with van der Waals surface area (Å²) in [6.07, 6.45) is 18.4. The van der Waals surface area contributed by atoms with Crippen LogP contribution in [-0.4, -0.2) is 22.2 Å². The second-order valence-corrected chi connectivity index (χ2v) is 5.92. The van der Waals surface area contributed by atoms with Crippen LogP contribution in [-0.2, 0) is 9.59 Å². The molecule has 0 aliphatic carbocycles. The molecule has 0 fully saturated rings. The summed E-state index contributed by atoms with van der Waals surface area (Å²) in [6.45, 7) is 0. The van der Waals surface area contributed by atoms with E-state index in [1.807, 2.05) is 0 Å². The highest BCUT2D eigenvalue weighted by molar-refractivity contribution is 5.79. The van der Waals surface area contributed by atoms with Crippen LogP contribution in [0.4, 0.5) is 0 Å². The highest BCUT2D eigenvalue weighted by atomic mass is 16.4. The quantitative estimate of drug-likeness (QED) is 0.304. The zero-order valence-corrected chi connectivity index (χ0v) is 13.8. The molecule has 0 bridgehead atoms. The molecule has 0 rings (SSSR count). The Hall–Kier alpha value is -1.32. The first kappa shape index (κ1) is 20.7. The van der Waals surface area contributed by atoms with E-state index >= 15 is 0 Å². The van der Waals surface area contributed by atoms with Crippen molar-refractivity contribution in [1.29, 1.82) is 0 Å². The number of aliphatic carboxylic acids is 2. The first-order chi connectivity index (χ1) is 10.6. The second kappa shape index (κ2) is 16.1. The molecule has 2 N–H and O–H groups in total. The number of rotatable bonds is 16. The summed E-state index contributed by atoms with van der Waals surface area (Å²) in [6, 6.07) is 0. The van der Waals surface area contributed by atoms with E-state index < -0.39 is 11.9 Å². The van der Waals surface area contributed by atoms with Crippen LogP contribution in [0.3, 0.4) is 0 Å². The molecule has 0 aromatic heterocycles. The van der Waals surface area contributed by atoms with Crippen LogP contribution in [0.25, 0.3) is 0 Å². The summed E-state index contributed by atoms with van der Waals surface area (Å²) in [7, 11) is 0. The monoisotopic (exact) mass is 312 g/mol. The van der Waals surface area contributed by atoms with Gasteiger partial charge in [0.15, 0.2) is 0 Å². The molecule has 0 aromatic carbocycles. The van der Waals surface area contributed by atoms with Gasteiger partial charge in [0.05, 0.1) is 0 Å². The Kier molecular flexibility index (Phi) is 15.1. The molecule has 128 valence electrons. The van der Waals surface area contributed by atoms with Crippen molar-refractivity contribution >= 4 is 11.9 Å². The predicted octanol–water partition coefficient (Wildman–Crippen LogP) is 5.17. The number of hydrogen-bond acceptors (Lipinski definition) is 2. The minimum absolute atomic E-state index is 0.312. The van der Waals surface area contributed by atoms with Crippen molar-refractivity contribution in [3.05, 3.63) is 12.2 Å². The third-order valence-corrected chi connectivity index (χ3v) is 3.77. The lowest BCUT2D eigenvalue weighted by atomic mass is 10.0. The van der Waals surface area contributed by atoms with Gasteiger partial charge >= 0.3 is 11.9 Å². The molecule has 0 atom stereocenters. The van der Waals surface area contributed by atoms with Gasteiger partial charge in [-0.25, -0.2) is 4.79 Å². The highest BCUT2D eigenvalue weighted by Crippen LogP contribution is 2.13. The normalized spacial score (nSPS) is 11.1. The van der Waals surface area contributed by atoms with Crippen LogP contribution in [0, 0.1) is 0 Å². The first-order valence-corrected chi connectivity index (χ1v) is 8.74. The summed E-state index contributed by atoms with van der Waals surface area (Å²) < 4.78 is 0. The minimum atomic E-state index is -0.859. The van der Waals surface area contributed by atoms with E-state index in [-0.39, 0.29) is 0 Å². The van der Waals surface area contributed by atoms with Gasteiger partial charge in [0.25, 0.3) is 0 Å². The largest absolute Gasteiger partial charge is 0.481 e. The SMILES string of the molecule is O=C(O)/C=C\CCCCCCCCCCCCCCC(=O)O. The molecule has 0 amide bonds. The zero-order valence-electron chi connectivity index (χ0n) is 13.8. The lowest BCUT2D eigenvalue weighted by molar-refractivity contribution is -0.137. The molecule has 0 saturated heterocycles. The fraction of sp³-hybridized carbons (Fsp3) is 0.778. The number of carbonyl (C=O) groups is 2. The first-order valence-electron chi connectivity index (χ1n) is 8.74. The molecule has 4 nitrogen and oxygen atoms in total. The summed E-state index contributed by atoms with van der Waals surface area (Å²) in [5, 5.41) is 16.9.